The average molecular weight is 375 g/mol. The number of nitro benzene ring substituents is 1. The lowest BCUT2D eigenvalue weighted by molar-refractivity contribution is -0.384. The molecule has 3 rings (SSSR count). The predicted molar refractivity (Wildman–Crippen MR) is 102 cm³/mol. The number of nitro groups is 1. The van der Waals surface area contributed by atoms with Crippen LogP contribution in [0.5, 0.6) is 0 Å². The fourth-order valence-electron chi connectivity index (χ4n) is 2.94. The summed E-state index contributed by atoms with van der Waals surface area (Å²) in [5.74, 6) is -0.179. The molecule has 1 saturated heterocycles. The lowest BCUT2D eigenvalue weighted by Crippen LogP contribution is -2.48. The highest BCUT2D eigenvalue weighted by Crippen LogP contribution is 2.21. The standard InChI is InChI=1S/C18H19ClN4O3/c19-14-3-1-5-16(11-14)22-9-7-21(8-10-22)13-18(24)20-15-4-2-6-17(12-15)23(25)26/h1-6,11-12H,7-10,13H2,(H,20,24). The monoisotopic (exact) mass is 374 g/mol. The Labute approximate surface area is 156 Å². The van der Waals surface area contributed by atoms with E-state index in [1.165, 1.54) is 12.1 Å². The molecule has 1 fully saturated rings. The highest BCUT2D eigenvalue weighted by molar-refractivity contribution is 6.30. The molecule has 1 amide bonds. The van der Waals surface area contributed by atoms with E-state index in [9.17, 15) is 14.9 Å². The van der Waals surface area contributed by atoms with Crippen molar-refractivity contribution in [2.45, 2.75) is 0 Å². The maximum absolute atomic E-state index is 12.2. The van der Waals surface area contributed by atoms with Crippen molar-refractivity contribution in [1.29, 1.82) is 0 Å². The molecule has 0 aromatic heterocycles. The summed E-state index contributed by atoms with van der Waals surface area (Å²) >= 11 is 6.04. The molecule has 1 aliphatic heterocycles. The zero-order chi connectivity index (χ0) is 18.5. The number of anilines is 2. The van der Waals surface area contributed by atoms with Crippen LogP contribution in [0.3, 0.4) is 0 Å². The molecular formula is C18H19ClN4O3. The Morgan fingerprint density at radius 3 is 2.54 bits per heavy atom. The van der Waals surface area contributed by atoms with Crippen molar-refractivity contribution in [3.8, 4) is 0 Å². The van der Waals surface area contributed by atoms with Crippen molar-refractivity contribution >= 4 is 34.6 Å². The van der Waals surface area contributed by atoms with Crippen LogP contribution in [0, 0.1) is 10.1 Å². The van der Waals surface area contributed by atoms with Gasteiger partial charge < -0.3 is 10.2 Å². The van der Waals surface area contributed by atoms with Crippen molar-refractivity contribution in [1.82, 2.24) is 4.90 Å². The van der Waals surface area contributed by atoms with Gasteiger partial charge in [0.15, 0.2) is 0 Å². The van der Waals surface area contributed by atoms with E-state index in [2.05, 4.69) is 15.1 Å². The third-order valence-corrected chi connectivity index (χ3v) is 4.49. The maximum atomic E-state index is 12.2. The zero-order valence-corrected chi connectivity index (χ0v) is 14.9. The van der Waals surface area contributed by atoms with Crippen LogP contribution in [-0.2, 0) is 4.79 Å². The highest BCUT2D eigenvalue weighted by Gasteiger charge is 2.19. The molecule has 1 N–H and O–H groups in total. The van der Waals surface area contributed by atoms with Gasteiger partial charge in [0.05, 0.1) is 11.5 Å². The number of carbonyl (C=O) groups excluding carboxylic acids is 1. The van der Waals surface area contributed by atoms with E-state index < -0.39 is 4.92 Å². The Morgan fingerprint density at radius 1 is 1.12 bits per heavy atom. The summed E-state index contributed by atoms with van der Waals surface area (Å²) in [5.41, 5.74) is 1.47. The van der Waals surface area contributed by atoms with Crippen LogP contribution >= 0.6 is 11.6 Å². The van der Waals surface area contributed by atoms with Gasteiger partial charge in [0.25, 0.3) is 5.69 Å². The van der Waals surface area contributed by atoms with Gasteiger partial charge in [-0.25, -0.2) is 0 Å². The zero-order valence-electron chi connectivity index (χ0n) is 14.1. The first kappa shape index (κ1) is 18.2. The number of nitrogens with zero attached hydrogens (tertiary/aromatic N) is 3. The molecule has 0 bridgehead atoms. The summed E-state index contributed by atoms with van der Waals surface area (Å²) < 4.78 is 0. The van der Waals surface area contributed by atoms with Crippen LogP contribution in [0.2, 0.25) is 5.02 Å². The number of rotatable bonds is 5. The van der Waals surface area contributed by atoms with Crippen LogP contribution in [0.25, 0.3) is 0 Å². The normalized spacial score (nSPS) is 14.9. The van der Waals surface area contributed by atoms with E-state index in [0.717, 1.165) is 31.9 Å². The number of nitrogens with one attached hydrogen (secondary N) is 1. The van der Waals surface area contributed by atoms with E-state index in [1.54, 1.807) is 12.1 Å². The first-order chi connectivity index (χ1) is 12.5. The van der Waals surface area contributed by atoms with Gasteiger partial charge in [0, 0.05) is 54.7 Å². The lowest BCUT2D eigenvalue weighted by Gasteiger charge is -2.35. The quantitative estimate of drug-likeness (QED) is 0.643. The smallest absolute Gasteiger partial charge is 0.271 e. The number of hydrogen-bond acceptors (Lipinski definition) is 5. The molecular weight excluding hydrogens is 356 g/mol. The van der Waals surface area contributed by atoms with Gasteiger partial charge in [0.2, 0.25) is 5.91 Å². The highest BCUT2D eigenvalue weighted by atomic mass is 35.5. The van der Waals surface area contributed by atoms with Gasteiger partial charge in [-0.2, -0.15) is 0 Å². The molecule has 1 heterocycles. The molecule has 7 nitrogen and oxygen atoms in total. The topological polar surface area (TPSA) is 78.7 Å². The molecule has 1 aliphatic rings. The summed E-state index contributed by atoms with van der Waals surface area (Å²) in [7, 11) is 0. The molecule has 0 spiro atoms. The number of non-ortho nitro benzene ring substituents is 1. The average Bonchev–Trinajstić information content (AvgIpc) is 2.62. The van der Waals surface area contributed by atoms with Gasteiger partial charge in [-0.15, -0.1) is 0 Å². The molecule has 8 heteroatoms. The minimum atomic E-state index is -0.481. The predicted octanol–water partition coefficient (Wildman–Crippen LogP) is 3.01. The summed E-state index contributed by atoms with van der Waals surface area (Å²) in [4.78, 5) is 26.8. The number of amides is 1. The summed E-state index contributed by atoms with van der Waals surface area (Å²) in [6.45, 7) is 3.39. The van der Waals surface area contributed by atoms with Crippen LogP contribution < -0.4 is 10.2 Å². The molecule has 0 saturated carbocycles. The number of piperazine rings is 1. The Balaban J connectivity index is 1.50. The van der Waals surface area contributed by atoms with E-state index in [1.807, 2.05) is 24.3 Å². The molecule has 0 radical (unpaired) electrons. The van der Waals surface area contributed by atoms with E-state index in [4.69, 9.17) is 11.6 Å². The molecule has 26 heavy (non-hydrogen) atoms. The van der Waals surface area contributed by atoms with Gasteiger partial charge in [-0.1, -0.05) is 23.7 Å². The molecule has 0 atom stereocenters. The summed E-state index contributed by atoms with van der Waals surface area (Å²) in [6.07, 6.45) is 0. The largest absolute Gasteiger partial charge is 0.369 e. The first-order valence-corrected chi connectivity index (χ1v) is 8.66. The second-order valence-corrected chi connectivity index (χ2v) is 6.54. The fraction of sp³-hybridized carbons (Fsp3) is 0.278. The minimum absolute atomic E-state index is 0.0436. The van der Waals surface area contributed by atoms with Gasteiger partial charge in [-0.05, 0) is 24.3 Å². The summed E-state index contributed by atoms with van der Waals surface area (Å²) in [5, 5.41) is 14.2. The Kier molecular flexibility index (Phi) is 5.70. The van der Waals surface area contributed by atoms with Crippen molar-refractivity contribution in [2.75, 3.05) is 42.9 Å². The second-order valence-electron chi connectivity index (χ2n) is 6.10. The number of benzene rings is 2. The van der Waals surface area contributed by atoms with Crippen LogP contribution in [0.1, 0.15) is 0 Å². The Morgan fingerprint density at radius 2 is 1.85 bits per heavy atom. The van der Waals surface area contributed by atoms with Crippen molar-refractivity contribution < 1.29 is 9.72 Å². The number of carbonyl (C=O) groups is 1. The molecule has 2 aromatic carbocycles. The van der Waals surface area contributed by atoms with E-state index >= 15 is 0 Å². The number of halogens is 1. The molecule has 0 aliphatic carbocycles. The van der Waals surface area contributed by atoms with Crippen molar-refractivity contribution in [3.63, 3.8) is 0 Å². The van der Waals surface area contributed by atoms with Gasteiger partial charge in [0.1, 0.15) is 0 Å². The van der Waals surface area contributed by atoms with E-state index in [0.29, 0.717) is 10.7 Å². The Hall–Kier alpha value is -2.64. The number of hydrogen-bond donors (Lipinski definition) is 1. The van der Waals surface area contributed by atoms with Crippen LogP contribution in [0.4, 0.5) is 17.1 Å². The SMILES string of the molecule is O=C(CN1CCN(c2cccc(Cl)c2)CC1)Nc1cccc([N+](=O)[O-])c1. The Bertz CT molecular complexity index is 807. The molecule has 0 unspecified atom stereocenters. The van der Waals surface area contributed by atoms with E-state index in [-0.39, 0.29) is 18.1 Å². The third-order valence-electron chi connectivity index (χ3n) is 4.25. The van der Waals surface area contributed by atoms with Crippen LogP contribution in [-0.4, -0.2) is 48.5 Å². The molecule has 2 aromatic rings. The minimum Gasteiger partial charge on any atom is -0.369 e. The van der Waals surface area contributed by atoms with Crippen LogP contribution in [0.15, 0.2) is 48.5 Å². The fourth-order valence-corrected chi connectivity index (χ4v) is 3.12. The lowest BCUT2D eigenvalue weighted by atomic mass is 10.2. The van der Waals surface area contributed by atoms with Crippen molar-refractivity contribution in [3.05, 3.63) is 63.7 Å². The molecule has 136 valence electrons. The van der Waals surface area contributed by atoms with Gasteiger partial charge >= 0.3 is 0 Å². The first-order valence-electron chi connectivity index (χ1n) is 8.28. The van der Waals surface area contributed by atoms with Gasteiger partial charge in [-0.3, -0.25) is 19.8 Å². The maximum Gasteiger partial charge on any atom is 0.271 e. The third kappa shape index (κ3) is 4.71. The summed E-state index contributed by atoms with van der Waals surface area (Å²) in [6, 6.07) is 13.7. The van der Waals surface area contributed by atoms with Crippen molar-refractivity contribution in [2.24, 2.45) is 0 Å². The second kappa shape index (κ2) is 8.16.